The fraction of sp³-hybridized carbons (Fsp3) is 0.107. The number of nitrogens with one attached hydrogen (secondary N) is 1. The molecule has 6 rings (SSSR count). The minimum absolute atomic E-state index is 0.118. The summed E-state index contributed by atoms with van der Waals surface area (Å²) >= 11 is 0. The van der Waals surface area contributed by atoms with Gasteiger partial charge in [0.25, 0.3) is 11.5 Å². The van der Waals surface area contributed by atoms with Gasteiger partial charge in [-0.05, 0) is 35.9 Å². The van der Waals surface area contributed by atoms with Crippen LogP contribution in [0.25, 0.3) is 0 Å². The van der Waals surface area contributed by atoms with E-state index >= 15 is 0 Å². The Morgan fingerprint density at radius 2 is 1.71 bits per heavy atom. The van der Waals surface area contributed by atoms with Gasteiger partial charge in [-0.2, -0.15) is 0 Å². The monoisotopic (exact) mass is 464 g/mol. The van der Waals surface area contributed by atoms with Crippen molar-refractivity contribution in [3.63, 3.8) is 0 Å². The van der Waals surface area contributed by atoms with Gasteiger partial charge in [0.2, 0.25) is 5.78 Å². The quantitative estimate of drug-likeness (QED) is 0.408. The second kappa shape index (κ2) is 8.29. The molecule has 35 heavy (non-hydrogen) atoms. The number of hydrogen-bond donors (Lipinski definition) is 1. The number of ether oxygens (including phenoxy) is 1. The van der Waals surface area contributed by atoms with Gasteiger partial charge in [-0.1, -0.05) is 65.8 Å². The Hall–Kier alpha value is -4.65. The molecule has 1 N–H and O–H groups in total. The number of rotatable bonds is 6. The number of fused-ring (bicyclic) bond motifs is 2. The number of para-hydroxylation sites is 2. The number of anilines is 1. The van der Waals surface area contributed by atoms with Crippen LogP contribution in [0.1, 0.15) is 27.2 Å². The molecule has 0 saturated carbocycles. The molecule has 3 heterocycles. The maximum Gasteiger partial charge on any atom is 0.277 e. The highest BCUT2D eigenvalue weighted by Gasteiger charge is 2.64. The summed E-state index contributed by atoms with van der Waals surface area (Å²) < 4.78 is 11.6. The Bertz CT molecular complexity index is 1450. The van der Waals surface area contributed by atoms with Gasteiger partial charge >= 0.3 is 0 Å². The molecule has 7 heteroatoms. The first kappa shape index (κ1) is 20.9. The molecule has 0 radical (unpaired) electrons. The zero-order chi connectivity index (χ0) is 23.8. The highest BCUT2D eigenvalue weighted by Crippen LogP contribution is 2.50. The average Bonchev–Trinajstić information content (AvgIpc) is 3.63. The molecule has 7 nitrogen and oxygen atoms in total. The van der Waals surface area contributed by atoms with Crippen LogP contribution < -0.4 is 10.1 Å². The fourth-order valence-corrected chi connectivity index (χ4v) is 4.66. The second-order valence-corrected chi connectivity index (χ2v) is 8.35. The van der Waals surface area contributed by atoms with E-state index < -0.39 is 23.2 Å². The Kier molecular flexibility index (Phi) is 4.95. The van der Waals surface area contributed by atoms with Crippen molar-refractivity contribution < 1.29 is 23.6 Å². The molecule has 1 amide bonds. The van der Waals surface area contributed by atoms with E-state index in [4.69, 9.17) is 14.0 Å². The maximum absolute atomic E-state index is 13.8. The molecular weight excluding hydrogens is 444 g/mol. The number of Topliss-reactive ketones (excluding diaryl/α,β-unsaturated/α-hetero) is 1. The molecule has 4 aromatic rings. The molecule has 2 aliphatic rings. The summed E-state index contributed by atoms with van der Waals surface area (Å²) in [5.41, 5.74) is 1.36. The highest BCUT2D eigenvalue weighted by molar-refractivity contribution is 6.24. The van der Waals surface area contributed by atoms with Crippen LogP contribution in [-0.2, 0) is 21.8 Å². The third-order valence-electron chi connectivity index (χ3n) is 6.31. The van der Waals surface area contributed by atoms with Crippen LogP contribution in [0.3, 0.4) is 0 Å². The zero-order valence-corrected chi connectivity index (χ0v) is 18.5. The van der Waals surface area contributed by atoms with E-state index in [0.29, 0.717) is 34.9 Å². The topological polar surface area (TPSA) is 90.1 Å². The summed E-state index contributed by atoms with van der Waals surface area (Å²) in [7, 11) is 0. The van der Waals surface area contributed by atoms with Crippen molar-refractivity contribution in [3.8, 4) is 5.75 Å². The minimum atomic E-state index is -1.65. The maximum atomic E-state index is 13.8. The molecule has 0 fully saturated rings. The van der Waals surface area contributed by atoms with E-state index in [2.05, 4.69) is 10.5 Å². The lowest BCUT2D eigenvalue weighted by Crippen LogP contribution is -2.46. The van der Waals surface area contributed by atoms with Crippen LogP contribution in [-0.4, -0.2) is 17.4 Å². The smallest absolute Gasteiger partial charge is 0.277 e. The van der Waals surface area contributed by atoms with Crippen molar-refractivity contribution >= 4 is 23.1 Å². The summed E-state index contributed by atoms with van der Waals surface area (Å²) in [5.74, 6) is -1.30. The largest absolute Gasteiger partial charge is 0.488 e. The van der Waals surface area contributed by atoms with Gasteiger partial charge in [-0.3, -0.25) is 9.59 Å². The molecule has 1 aromatic heterocycles. The summed E-state index contributed by atoms with van der Waals surface area (Å²) in [6.45, 7) is 0.331. The number of carbonyl (C=O) groups excluding carboxylic acids is 2. The Morgan fingerprint density at radius 3 is 2.54 bits per heavy atom. The number of amides is 1. The third kappa shape index (κ3) is 3.32. The Balaban J connectivity index is 1.45. The van der Waals surface area contributed by atoms with Gasteiger partial charge < -0.3 is 19.3 Å². The van der Waals surface area contributed by atoms with Gasteiger partial charge in [0.1, 0.15) is 24.0 Å². The average molecular weight is 464 g/mol. The highest BCUT2D eigenvalue weighted by atomic mass is 16.7. The third-order valence-corrected chi connectivity index (χ3v) is 6.31. The van der Waals surface area contributed by atoms with E-state index in [-0.39, 0.29) is 5.76 Å². The molecule has 0 aliphatic carbocycles. The van der Waals surface area contributed by atoms with E-state index in [0.717, 1.165) is 5.56 Å². The van der Waals surface area contributed by atoms with Gasteiger partial charge in [-0.25, -0.2) is 0 Å². The van der Waals surface area contributed by atoms with Crippen LogP contribution in [0.2, 0.25) is 0 Å². The van der Waals surface area contributed by atoms with E-state index in [1.54, 1.807) is 30.3 Å². The second-order valence-electron chi connectivity index (χ2n) is 8.35. The van der Waals surface area contributed by atoms with Gasteiger partial charge in [-0.15, -0.1) is 0 Å². The molecule has 0 bridgehead atoms. The van der Waals surface area contributed by atoms with Crippen molar-refractivity contribution in [2.24, 2.45) is 11.1 Å². The molecular formula is C28H20N2O5. The van der Waals surface area contributed by atoms with E-state index in [9.17, 15) is 9.59 Å². The predicted molar refractivity (Wildman–Crippen MR) is 128 cm³/mol. The van der Waals surface area contributed by atoms with Crippen LogP contribution in [0.4, 0.5) is 5.69 Å². The number of furan rings is 1. The number of carbonyl (C=O) groups is 2. The van der Waals surface area contributed by atoms with Crippen molar-refractivity contribution in [2.75, 3.05) is 5.32 Å². The van der Waals surface area contributed by atoms with E-state index in [1.807, 2.05) is 60.7 Å². The lowest BCUT2D eigenvalue weighted by atomic mass is 9.75. The van der Waals surface area contributed by atoms with E-state index in [1.165, 1.54) is 6.26 Å². The van der Waals surface area contributed by atoms with Crippen LogP contribution in [0.15, 0.2) is 107 Å². The lowest BCUT2D eigenvalue weighted by molar-refractivity contribution is -0.140. The molecule has 3 aromatic carbocycles. The summed E-state index contributed by atoms with van der Waals surface area (Å²) in [5, 5.41) is 7.17. The van der Waals surface area contributed by atoms with Crippen molar-refractivity contribution in [3.05, 3.63) is 120 Å². The van der Waals surface area contributed by atoms with Crippen molar-refractivity contribution in [1.82, 2.24) is 0 Å². The fourth-order valence-electron chi connectivity index (χ4n) is 4.66. The number of nitrogens with zero attached hydrogens (tertiary/aromatic N) is 1. The molecule has 2 atom stereocenters. The first-order valence-electron chi connectivity index (χ1n) is 11.2. The molecule has 2 aliphatic heterocycles. The number of ketones is 1. The molecule has 1 spiro atoms. The van der Waals surface area contributed by atoms with Gasteiger partial charge in [0.15, 0.2) is 5.76 Å². The van der Waals surface area contributed by atoms with Gasteiger partial charge in [0, 0.05) is 16.8 Å². The van der Waals surface area contributed by atoms with Crippen LogP contribution >= 0.6 is 0 Å². The van der Waals surface area contributed by atoms with Gasteiger partial charge in [0.05, 0.1) is 6.26 Å². The lowest BCUT2D eigenvalue weighted by Gasteiger charge is -2.26. The van der Waals surface area contributed by atoms with Crippen molar-refractivity contribution in [2.45, 2.75) is 12.2 Å². The zero-order valence-electron chi connectivity index (χ0n) is 18.5. The minimum Gasteiger partial charge on any atom is -0.488 e. The van der Waals surface area contributed by atoms with Crippen LogP contribution in [0, 0.1) is 5.92 Å². The van der Waals surface area contributed by atoms with Crippen LogP contribution in [0.5, 0.6) is 5.75 Å². The first-order chi connectivity index (χ1) is 17.2. The SMILES string of the molecule is O=C(c1ccco1)[C@@H]1C(c2ccccc2OCc2ccccc2)=NO[C@@]12C(=O)Nc1ccccc12. The Morgan fingerprint density at radius 1 is 0.943 bits per heavy atom. The number of hydrogen-bond acceptors (Lipinski definition) is 6. The molecule has 0 unspecified atom stereocenters. The summed E-state index contributed by atoms with van der Waals surface area (Å²) in [6.07, 6.45) is 1.42. The molecule has 172 valence electrons. The normalized spacial score (nSPS) is 20.2. The Labute approximate surface area is 201 Å². The molecule has 0 saturated heterocycles. The number of oxime groups is 1. The summed E-state index contributed by atoms with van der Waals surface area (Å²) in [4.78, 5) is 33.1. The first-order valence-corrected chi connectivity index (χ1v) is 11.2. The predicted octanol–water partition coefficient (Wildman–Crippen LogP) is 4.94. The summed E-state index contributed by atoms with van der Waals surface area (Å²) in [6, 6.07) is 27.4. The number of benzene rings is 3. The standard InChI is InChI=1S/C28H20N2O5/c31-26(23-15-8-16-33-23)24-25(30-35-28(24)20-12-5-6-13-21(20)29-27(28)32)19-11-4-7-14-22(19)34-17-18-9-2-1-3-10-18/h1-16,24H,17H2,(H,29,32)/t24-,28+/m0/s1. The van der Waals surface area contributed by atoms with Crippen molar-refractivity contribution in [1.29, 1.82) is 0 Å².